The van der Waals surface area contributed by atoms with Gasteiger partial charge in [-0.15, -0.1) is 0 Å². The van der Waals surface area contributed by atoms with E-state index in [4.69, 9.17) is 10.5 Å². The van der Waals surface area contributed by atoms with Gasteiger partial charge in [0.2, 0.25) is 0 Å². The molecule has 0 fully saturated rings. The third-order valence-corrected chi connectivity index (χ3v) is 3.56. The number of hydrogen-bond acceptors (Lipinski definition) is 2. The molecule has 0 aliphatic rings. The summed E-state index contributed by atoms with van der Waals surface area (Å²) in [6.45, 7) is 4.60. The monoisotopic (exact) mass is 287 g/mol. The van der Waals surface area contributed by atoms with Crippen molar-refractivity contribution in [3.05, 3.63) is 65.0 Å². The van der Waals surface area contributed by atoms with Crippen LogP contribution >= 0.6 is 0 Å². The van der Waals surface area contributed by atoms with Gasteiger partial charge in [-0.1, -0.05) is 37.6 Å². The Morgan fingerprint density at radius 2 is 1.76 bits per heavy atom. The number of rotatable bonds is 6. The number of nitrogens with two attached hydrogens (primary N) is 1. The first-order valence-corrected chi connectivity index (χ1v) is 7.36. The molecule has 0 amide bonds. The van der Waals surface area contributed by atoms with E-state index in [1.165, 1.54) is 6.07 Å². The average Bonchev–Trinajstić information content (AvgIpc) is 2.50. The highest BCUT2D eigenvalue weighted by atomic mass is 19.1. The molecule has 2 nitrogen and oxygen atoms in total. The maximum Gasteiger partial charge on any atom is 0.126 e. The van der Waals surface area contributed by atoms with E-state index < -0.39 is 0 Å². The summed E-state index contributed by atoms with van der Waals surface area (Å²) in [4.78, 5) is 0. The van der Waals surface area contributed by atoms with Crippen molar-refractivity contribution in [2.45, 2.75) is 32.7 Å². The highest BCUT2D eigenvalue weighted by molar-refractivity contribution is 5.36. The predicted molar refractivity (Wildman–Crippen MR) is 84.0 cm³/mol. The van der Waals surface area contributed by atoms with Crippen molar-refractivity contribution in [2.75, 3.05) is 6.61 Å². The van der Waals surface area contributed by atoms with Crippen LogP contribution in [0.25, 0.3) is 0 Å². The van der Waals surface area contributed by atoms with E-state index in [0.29, 0.717) is 5.56 Å². The Labute approximate surface area is 125 Å². The van der Waals surface area contributed by atoms with Gasteiger partial charge in [0, 0.05) is 0 Å². The standard InChI is InChI=1S/C18H22FNO/c1-3-4-11-21-16-9-7-14(8-10-16)18(20)15-6-5-13(2)17(19)12-15/h5-10,12,18H,3-4,11,20H2,1-2H3. The van der Waals surface area contributed by atoms with Crippen LogP contribution in [0.5, 0.6) is 5.75 Å². The van der Waals surface area contributed by atoms with Crippen LogP contribution in [0, 0.1) is 12.7 Å². The van der Waals surface area contributed by atoms with Gasteiger partial charge in [-0.25, -0.2) is 4.39 Å². The third-order valence-electron chi connectivity index (χ3n) is 3.56. The number of unbranched alkanes of at least 4 members (excludes halogenated alkanes) is 1. The lowest BCUT2D eigenvalue weighted by atomic mass is 9.98. The molecule has 3 heteroatoms. The Morgan fingerprint density at radius 3 is 2.38 bits per heavy atom. The molecule has 0 bridgehead atoms. The van der Waals surface area contributed by atoms with Gasteiger partial charge in [-0.3, -0.25) is 0 Å². The molecule has 0 aromatic heterocycles. The molecule has 2 N–H and O–H groups in total. The minimum absolute atomic E-state index is 0.220. The van der Waals surface area contributed by atoms with E-state index in [9.17, 15) is 4.39 Å². The summed E-state index contributed by atoms with van der Waals surface area (Å²) >= 11 is 0. The maximum absolute atomic E-state index is 13.6. The number of halogens is 1. The van der Waals surface area contributed by atoms with Gasteiger partial charge in [-0.05, 0) is 48.2 Å². The molecule has 1 unspecified atom stereocenters. The van der Waals surface area contributed by atoms with Crippen LogP contribution in [0.4, 0.5) is 4.39 Å². The van der Waals surface area contributed by atoms with Gasteiger partial charge >= 0.3 is 0 Å². The summed E-state index contributed by atoms with van der Waals surface area (Å²) < 4.78 is 19.2. The van der Waals surface area contributed by atoms with E-state index in [-0.39, 0.29) is 11.9 Å². The van der Waals surface area contributed by atoms with Gasteiger partial charge in [0.05, 0.1) is 12.6 Å². The van der Waals surface area contributed by atoms with E-state index >= 15 is 0 Å². The molecule has 21 heavy (non-hydrogen) atoms. The third kappa shape index (κ3) is 4.05. The molecule has 0 saturated heterocycles. The van der Waals surface area contributed by atoms with Crippen molar-refractivity contribution in [2.24, 2.45) is 5.73 Å². The quantitative estimate of drug-likeness (QED) is 0.801. The fraction of sp³-hybridized carbons (Fsp3) is 0.333. The zero-order valence-corrected chi connectivity index (χ0v) is 12.6. The molecule has 0 heterocycles. The van der Waals surface area contributed by atoms with Crippen LogP contribution in [0.1, 0.15) is 42.5 Å². The first-order valence-electron chi connectivity index (χ1n) is 7.36. The predicted octanol–water partition coefficient (Wildman–Crippen LogP) is 4.36. The number of benzene rings is 2. The van der Waals surface area contributed by atoms with Crippen molar-refractivity contribution in [3.63, 3.8) is 0 Å². The van der Waals surface area contributed by atoms with Crippen molar-refractivity contribution in [3.8, 4) is 5.75 Å². The topological polar surface area (TPSA) is 35.2 Å². The van der Waals surface area contributed by atoms with Crippen molar-refractivity contribution in [1.82, 2.24) is 0 Å². The van der Waals surface area contributed by atoms with Gasteiger partial charge in [0.25, 0.3) is 0 Å². The number of hydrogen-bond donors (Lipinski definition) is 1. The second kappa shape index (κ2) is 7.23. The Hall–Kier alpha value is -1.87. The fourth-order valence-electron chi connectivity index (χ4n) is 2.10. The van der Waals surface area contributed by atoms with Gasteiger partial charge < -0.3 is 10.5 Å². The Kier molecular flexibility index (Phi) is 5.34. The summed E-state index contributed by atoms with van der Waals surface area (Å²) in [5, 5.41) is 0. The van der Waals surface area contributed by atoms with Crippen LogP contribution in [-0.4, -0.2) is 6.61 Å². The van der Waals surface area contributed by atoms with Crippen LogP contribution < -0.4 is 10.5 Å². The van der Waals surface area contributed by atoms with Crippen LogP contribution in [0.15, 0.2) is 42.5 Å². The summed E-state index contributed by atoms with van der Waals surface area (Å²) in [6.07, 6.45) is 2.16. The minimum Gasteiger partial charge on any atom is -0.494 e. The highest BCUT2D eigenvalue weighted by Gasteiger charge is 2.10. The molecule has 0 radical (unpaired) electrons. The van der Waals surface area contributed by atoms with E-state index in [1.807, 2.05) is 30.3 Å². The minimum atomic E-state index is -0.329. The van der Waals surface area contributed by atoms with Crippen molar-refractivity contribution >= 4 is 0 Å². The summed E-state index contributed by atoms with van der Waals surface area (Å²) in [5.41, 5.74) is 8.55. The molecule has 0 aliphatic heterocycles. The Morgan fingerprint density at radius 1 is 1.10 bits per heavy atom. The largest absolute Gasteiger partial charge is 0.494 e. The van der Waals surface area contributed by atoms with Crippen molar-refractivity contribution < 1.29 is 9.13 Å². The highest BCUT2D eigenvalue weighted by Crippen LogP contribution is 2.23. The maximum atomic E-state index is 13.6. The summed E-state index contributed by atoms with van der Waals surface area (Å²) in [7, 11) is 0. The molecule has 2 aromatic carbocycles. The van der Waals surface area contributed by atoms with Crippen LogP contribution in [0.2, 0.25) is 0 Å². The van der Waals surface area contributed by atoms with E-state index in [2.05, 4.69) is 6.92 Å². The zero-order chi connectivity index (χ0) is 15.2. The lowest BCUT2D eigenvalue weighted by Gasteiger charge is -2.14. The molecule has 2 aromatic rings. The molecule has 2 rings (SSSR count). The number of aryl methyl sites for hydroxylation is 1. The van der Waals surface area contributed by atoms with Crippen LogP contribution in [0.3, 0.4) is 0 Å². The lowest BCUT2D eigenvalue weighted by Crippen LogP contribution is -2.12. The Balaban J connectivity index is 2.08. The van der Waals surface area contributed by atoms with Gasteiger partial charge in [-0.2, -0.15) is 0 Å². The molecule has 0 saturated carbocycles. The first-order chi connectivity index (χ1) is 10.1. The smallest absolute Gasteiger partial charge is 0.126 e. The van der Waals surface area contributed by atoms with Gasteiger partial charge in [0.1, 0.15) is 11.6 Å². The van der Waals surface area contributed by atoms with E-state index in [1.54, 1.807) is 13.0 Å². The Bertz CT molecular complexity index is 580. The molecular formula is C18H22FNO. The molecule has 1 atom stereocenters. The van der Waals surface area contributed by atoms with Crippen molar-refractivity contribution in [1.29, 1.82) is 0 Å². The zero-order valence-electron chi connectivity index (χ0n) is 12.6. The SMILES string of the molecule is CCCCOc1ccc(C(N)c2ccc(C)c(F)c2)cc1. The molecular weight excluding hydrogens is 265 g/mol. The lowest BCUT2D eigenvalue weighted by molar-refractivity contribution is 0.309. The average molecular weight is 287 g/mol. The molecule has 0 spiro atoms. The summed E-state index contributed by atoms with van der Waals surface area (Å²) in [5.74, 6) is 0.622. The molecule has 0 aliphatic carbocycles. The first kappa shape index (κ1) is 15.5. The second-order valence-electron chi connectivity index (χ2n) is 5.26. The fourth-order valence-corrected chi connectivity index (χ4v) is 2.10. The summed E-state index contributed by atoms with van der Waals surface area (Å²) in [6, 6.07) is 12.5. The van der Waals surface area contributed by atoms with E-state index in [0.717, 1.165) is 36.3 Å². The normalized spacial score (nSPS) is 12.2. The van der Waals surface area contributed by atoms with Crippen LogP contribution in [-0.2, 0) is 0 Å². The second-order valence-corrected chi connectivity index (χ2v) is 5.26. The number of ether oxygens (including phenoxy) is 1. The molecule has 112 valence electrons. The van der Waals surface area contributed by atoms with Gasteiger partial charge in [0.15, 0.2) is 0 Å².